The number of benzene rings is 1. The van der Waals surface area contributed by atoms with E-state index in [0.717, 1.165) is 77.5 Å². The van der Waals surface area contributed by atoms with E-state index in [1.54, 1.807) is 16.7 Å². The number of amides is 2. The number of carbonyl (C=O) groups excluding carboxylic acids is 4. The second-order valence-electron chi connectivity index (χ2n) is 14.5. The fourth-order valence-corrected chi connectivity index (χ4v) is 8.47. The molecule has 1 aromatic carbocycles. The molecule has 0 N–H and O–H groups in total. The molecule has 0 radical (unpaired) electrons. The average Bonchev–Trinajstić information content (AvgIpc) is 4.02. The standard InChI is InChI=1S/C38H51N7O6/c1-2-50-35(48)38(16-6-7-17-38)34(47)45-22-12-15-29(45)27-51-37(49)44-25-23-42(24-26-44)33-30(31(46)28-13-4-3-5-14-28)32(41-18-8-9-19-41)39-36(40-33)43-20-10-11-21-43/h3-5,13-14,29H,2,6-12,15-27H2,1H3. The number of ether oxygens (including phenoxy) is 2. The molecule has 5 heterocycles. The Hall–Kier alpha value is -4.42. The summed E-state index contributed by atoms with van der Waals surface area (Å²) in [7, 11) is 0. The molecular weight excluding hydrogens is 650 g/mol. The second kappa shape index (κ2) is 15.4. The Morgan fingerprint density at radius 2 is 1.33 bits per heavy atom. The van der Waals surface area contributed by atoms with Gasteiger partial charge >= 0.3 is 12.1 Å². The van der Waals surface area contributed by atoms with Crippen molar-refractivity contribution < 1.29 is 28.7 Å². The van der Waals surface area contributed by atoms with Gasteiger partial charge < -0.3 is 34.0 Å². The Bertz CT molecular complexity index is 1580. The number of rotatable bonds is 10. The lowest BCUT2D eigenvalue weighted by Crippen LogP contribution is -2.52. The molecule has 4 saturated heterocycles. The van der Waals surface area contributed by atoms with Crippen molar-refractivity contribution in [1.82, 2.24) is 19.8 Å². The molecule has 51 heavy (non-hydrogen) atoms. The number of hydrogen-bond donors (Lipinski definition) is 0. The number of anilines is 3. The predicted molar refractivity (Wildman–Crippen MR) is 192 cm³/mol. The monoisotopic (exact) mass is 701 g/mol. The Kier molecular flexibility index (Phi) is 10.6. The van der Waals surface area contributed by atoms with Gasteiger partial charge in [-0.05, 0) is 58.3 Å². The van der Waals surface area contributed by atoms with Crippen LogP contribution in [0.5, 0.6) is 0 Å². The summed E-state index contributed by atoms with van der Waals surface area (Å²) in [5.74, 6) is 1.28. The highest BCUT2D eigenvalue weighted by Crippen LogP contribution is 2.42. The van der Waals surface area contributed by atoms with Gasteiger partial charge in [0.05, 0.1) is 12.6 Å². The van der Waals surface area contributed by atoms with Crippen molar-refractivity contribution in [3.63, 3.8) is 0 Å². The molecule has 1 saturated carbocycles. The van der Waals surface area contributed by atoms with Crippen LogP contribution < -0.4 is 14.7 Å². The van der Waals surface area contributed by atoms with Crippen LogP contribution in [-0.2, 0) is 19.1 Å². The second-order valence-corrected chi connectivity index (χ2v) is 14.5. The number of likely N-dealkylation sites (tertiary alicyclic amines) is 1. The number of hydrogen-bond acceptors (Lipinski definition) is 11. The van der Waals surface area contributed by atoms with Gasteiger partial charge in [0.1, 0.15) is 29.2 Å². The van der Waals surface area contributed by atoms with Gasteiger partial charge in [0.2, 0.25) is 17.6 Å². The lowest BCUT2D eigenvalue weighted by Gasteiger charge is -2.37. The molecule has 0 bridgehead atoms. The smallest absolute Gasteiger partial charge is 0.409 e. The summed E-state index contributed by atoms with van der Waals surface area (Å²) >= 11 is 0. The van der Waals surface area contributed by atoms with Crippen molar-refractivity contribution in [3.05, 3.63) is 41.5 Å². The van der Waals surface area contributed by atoms with Gasteiger partial charge in [-0.1, -0.05) is 43.2 Å². The lowest BCUT2D eigenvalue weighted by molar-refractivity contribution is -0.165. The number of ketones is 1. The molecule has 274 valence electrons. The van der Waals surface area contributed by atoms with E-state index in [4.69, 9.17) is 19.4 Å². The lowest BCUT2D eigenvalue weighted by atomic mass is 9.84. The minimum absolute atomic E-state index is 0.0870. The first-order chi connectivity index (χ1) is 24.9. The largest absolute Gasteiger partial charge is 0.465 e. The minimum atomic E-state index is -1.12. The SMILES string of the molecule is CCOC(=O)C1(C(=O)N2CCCC2COC(=O)N2CCN(c3nc(N4CCCC4)nc(N4CCCC4)c3C(=O)c3ccccc3)CC2)CCCC1. The van der Waals surface area contributed by atoms with Crippen molar-refractivity contribution >= 4 is 41.3 Å². The van der Waals surface area contributed by atoms with Crippen molar-refractivity contribution in [1.29, 1.82) is 0 Å². The maximum Gasteiger partial charge on any atom is 0.409 e. The summed E-state index contributed by atoms with van der Waals surface area (Å²) in [6.45, 7) is 7.87. The van der Waals surface area contributed by atoms with E-state index in [0.29, 0.717) is 74.3 Å². The van der Waals surface area contributed by atoms with Crippen LogP contribution in [0, 0.1) is 5.41 Å². The molecule has 4 aliphatic heterocycles. The maximum absolute atomic E-state index is 14.3. The molecule has 5 aliphatic rings. The number of piperazine rings is 1. The number of aromatic nitrogens is 2. The van der Waals surface area contributed by atoms with Crippen LogP contribution in [0.1, 0.15) is 87.1 Å². The van der Waals surface area contributed by atoms with Crippen LogP contribution in [0.3, 0.4) is 0 Å². The van der Waals surface area contributed by atoms with Gasteiger partial charge in [0.15, 0.2) is 0 Å². The number of nitrogens with zero attached hydrogens (tertiary/aromatic N) is 7. The predicted octanol–water partition coefficient (Wildman–Crippen LogP) is 4.28. The van der Waals surface area contributed by atoms with Crippen LogP contribution in [0.25, 0.3) is 0 Å². The first kappa shape index (κ1) is 35.0. The third-order valence-corrected chi connectivity index (χ3v) is 11.3. The van der Waals surface area contributed by atoms with Crippen LogP contribution >= 0.6 is 0 Å². The highest BCUT2D eigenvalue weighted by molar-refractivity contribution is 6.15. The van der Waals surface area contributed by atoms with Crippen molar-refractivity contribution in [2.45, 2.75) is 77.2 Å². The van der Waals surface area contributed by atoms with Crippen LogP contribution in [0.2, 0.25) is 0 Å². The zero-order valence-corrected chi connectivity index (χ0v) is 29.9. The number of esters is 1. The van der Waals surface area contributed by atoms with E-state index < -0.39 is 17.5 Å². The molecule has 13 nitrogen and oxygen atoms in total. The Morgan fingerprint density at radius 1 is 0.725 bits per heavy atom. The van der Waals surface area contributed by atoms with Gasteiger partial charge in [0, 0.05) is 64.5 Å². The molecular formula is C38H51N7O6. The minimum Gasteiger partial charge on any atom is -0.465 e. The van der Waals surface area contributed by atoms with E-state index >= 15 is 0 Å². The Balaban J connectivity index is 1.05. The zero-order chi connectivity index (χ0) is 35.4. The zero-order valence-electron chi connectivity index (χ0n) is 29.9. The molecule has 2 aromatic rings. The molecule has 1 aliphatic carbocycles. The van der Waals surface area contributed by atoms with Gasteiger partial charge in [-0.25, -0.2) is 4.79 Å². The molecule has 1 atom stereocenters. The normalized spacial score (nSPS) is 21.7. The molecule has 1 unspecified atom stereocenters. The molecule has 2 amide bonds. The van der Waals surface area contributed by atoms with Gasteiger partial charge in [0.25, 0.3) is 0 Å². The van der Waals surface area contributed by atoms with Crippen LogP contribution in [0.15, 0.2) is 30.3 Å². The van der Waals surface area contributed by atoms with Gasteiger partial charge in [-0.2, -0.15) is 9.97 Å². The summed E-state index contributed by atoms with van der Waals surface area (Å²) in [5.41, 5.74) is -0.000332. The fourth-order valence-electron chi connectivity index (χ4n) is 8.47. The van der Waals surface area contributed by atoms with Crippen LogP contribution in [-0.4, -0.2) is 122 Å². The molecule has 7 rings (SSSR count). The Morgan fingerprint density at radius 3 is 1.96 bits per heavy atom. The van der Waals surface area contributed by atoms with E-state index in [9.17, 15) is 19.2 Å². The quantitative estimate of drug-likeness (QED) is 0.200. The third kappa shape index (κ3) is 7.08. The van der Waals surface area contributed by atoms with Gasteiger partial charge in [-0.3, -0.25) is 14.4 Å². The molecule has 1 aromatic heterocycles. The van der Waals surface area contributed by atoms with E-state index in [1.807, 2.05) is 30.3 Å². The summed E-state index contributed by atoms with van der Waals surface area (Å²) in [6.07, 6.45) is 8.01. The fraction of sp³-hybridized carbons (Fsp3) is 0.632. The molecule has 0 spiro atoms. The molecule has 5 fully saturated rings. The van der Waals surface area contributed by atoms with Gasteiger partial charge in [-0.15, -0.1) is 0 Å². The highest BCUT2D eigenvalue weighted by atomic mass is 16.6. The Labute approximate surface area is 300 Å². The maximum atomic E-state index is 14.3. The molecule has 13 heteroatoms. The van der Waals surface area contributed by atoms with E-state index in [2.05, 4.69) is 14.7 Å². The highest BCUT2D eigenvalue weighted by Gasteiger charge is 2.52. The first-order valence-electron chi connectivity index (χ1n) is 19.1. The summed E-state index contributed by atoms with van der Waals surface area (Å²) in [6, 6.07) is 9.06. The number of carbonyl (C=O) groups is 4. The average molecular weight is 702 g/mol. The summed E-state index contributed by atoms with van der Waals surface area (Å²) in [5, 5.41) is 0. The van der Waals surface area contributed by atoms with Crippen molar-refractivity contribution in [2.75, 3.05) is 86.8 Å². The van der Waals surface area contributed by atoms with Crippen LogP contribution in [0.4, 0.5) is 22.4 Å². The van der Waals surface area contributed by atoms with Crippen molar-refractivity contribution in [2.24, 2.45) is 5.41 Å². The summed E-state index contributed by atoms with van der Waals surface area (Å²) < 4.78 is 11.2. The third-order valence-electron chi connectivity index (χ3n) is 11.3. The topological polar surface area (TPSA) is 129 Å². The summed E-state index contributed by atoms with van der Waals surface area (Å²) in [4.78, 5) is 74.7. The van der Waals surface area contributed by atoms with E-state index in [1.165, 1.54) is 0 Å². The first-order valence-corrected chi connectivity index (χ1v) is 19.1. The van der Waals surface area contributed by atoms with E-state index in [-0.39, 0.29) is 30.9 Å². The van der Waals surface area contributed by atoms with Crippen molar-refractivity contribution in [3.8, 4) is 0 Å².